The third-order valence-electron chi connectivity index (χ3n) is 2.05. The van der Waals surface area contributed by atoms with Gasteiger partial charge in [-0.1, -0.05) is 6.08 Å². The summed E-state index contributed by atoms with van der Waals surface area (Å²) in [5.74, 6) is -0.655. The minimum absolute atomic E-state index is 0.0201. The van der Waals surface area contributed by atoms with Crippen LogP contribution in [0.3, 0.4) is 0 Å². The van der Waals surface area contributed by atoms with Crippen LogP contribution in [0, 0.1) is 0 Å². The van der Waals surface area contributed by atoms with Crippen molar-refractivity contribution in [1.82, 2.24) is 0 Å². The minimum atomic E-state index is -0.338. The average molecular weight is 290 g/mol. The molecule has 0 bridgehead atoms. The highest BCUT2D eigenvalue weighted by Gasteiger charge is 1.99. The fourth-order valence-corrected chi connectivity index (χ4v) is 1.22. The number of unbranched alkanes of at least 4 members (excludes halogenated alkanes) is 1. The zero-order chi connectivity index (χ0) is 14.3. The molecule has 0 aromatic carbocycles. The predicted octanol–water partition coefficient (Wildman–Crippen LogP) is -0.257. The maximum Gasteiger partial charge on any atom is 0.330 e. The van der Waals surface area contributed by atoms with Crippen molar-refractivity contribution in [1.29, 1.82) is 0 Å². The summed E-state index contributed by atoms with van der Waals surface area (Å²) in [7, 11) is 0.392. The number of carbonyl (C=O) groups excluding carboxylic acids is 2. The highest BCUT2D eigenvalue weighted by atomic mass is 28.2. The second-order valence-corrected chi connectivity index (χ2v) is 4.02. The van der Waals surface area contributed by atoms with Crippen LogP contribution in [-0.4, -0.2) is 55.5 Å². The zero-order valence-corrected chi connectivity index (χ0v) is 13.6. The third kappa shape index (κ3) is 13.1. The second kappa shape index (κ2) is 13.3. The zero-order valence-electron chi connectivity index (χ0n) is 11.6. The normalized spacial score (nSPS) is 10.8. The van der Waals surface area contributed by atoms with E-state index in [0.29, 0.717) is 36.9 Å². The first-order valence-corrected chi connectivity index (χ1v) is 7.04. The van der Waals surface area contributed by atoms with Crippen LogP contribution >= 0.6 is 0 Å². The lowest BCUT2D eigenvalue weighted by Gasteiger charge is -2.05. The van der Waals surface area contributed by atoms with E-state index in [0.717, 1.165) is 12.8 Å². The van der Waals surface area contributed by atoms with E-state index in [-0.39, 0.29) is 18.5 Å². The molecular formula is C12H22O6Si. The molecule has 0 aliphatic rings. The first-order chi connectivity index (χ1) is 9.20. The van der Waals surface area contributed by atoms with E-state index in [4.69, 9.17) is 14.2 Å². The van der Waals surface area contributed by atoms with Gasteiger partial charge in [0.1, 0.15) is 6.61 Å². The van der Waals surface area contributed by atoms with E-state index >= 15 is 0 Å². The van der Waals surface area contributed by atoms with Gasteiger partial charge >= 0.3 is 11.9 Å². The molecule has 0 radical (unpaired) electrons. The summed E-state index contributed by atoms with van der Waals surface area (Å²) in [6.07, 6.45) is 4.60. The maximum atomic E-state index is 10.9. The average Bonchev–Trinajstić information content (AvgIpc) is 2.40. The molecule has 0 spiro atoms. The molecule has 0 aromatic rings. The number of hydrogen-bond donors (Lipinski definition) is 0. The van der Waals surface area contributed by atoms with E-state index in [9.17, 15) is 9.59 Å². The first-order valence-electron chi connectivity index (χ1n) is 6.22. The summed E-state index contributed by atoms with van der Waals surface area (Å²) in [4.78, 5) is 21.7. The fraction of sp³-hybridized carbons (Fsp3) is 0.667. The third-order valence-corrected chi connectivity index (χ3v) is 2.51. The monoisotopic (exact) mass is 290 g/mol. The van der Waals surface area contributed by atoms with Crippen molar-refractivity contribution in [2.45, 2.75) is 19.8 Å². The quantitative estimate of drug-likeness (QED) is 0.226. The summed E-state index contributed by atoms with van der Waals surface area (Å²) in [5.41, 5.74) is 0. The number of rotatable bonds is 11. The van der Waals surface area contributed by atoms with Crippen LogP contribution in [0.15, 0.2) is 12.2 Å². The largest absolute Gasteiger partial charge is 0.527 e. The van der Waals surface area contributed by atoms with E-state index < -0.39 is 0 Å². The molecule has 0 heterocycles. The predicted molar refractivity (Wildman–Crippen MR) is 72.7 cm³/mol. The Bertz CT molecular complexity index is 279. The van der Waals surface area contributed by atoms with Crippen LogP contribution in [0.5, 0.6) is 0 Å². The molecule has 0 fully saturated rings. The molecular weight excluding hydrogens is 268 g/mol. The Hall–Kier alpha value is -1.18. The van der Waals surface area contributed by atoms with Crippen LogP contribution < -0.4 is 0 Å². The Labute approximate surface area is 116 Å². The van der Waals surface area contributed by atoms with Gasteiger partial charge in [-0.15, -0.1) is 0 Å². The van der Waals surface area contributed by atoms with Crippen molar-refractivity contribution >= 4 is 22.4 Å². The Morgan fingerprint density at radius 2 is 1.74 bits per heavy atom. The number of ether oxygens (including phenoxy) is 3. The summed E-state index contributed by atoms with van der Waals surface area (Å²) in [6, 6.07) is 0. The molecule has 7 heteroatoms. The maximum absolute atomic E-state index is 10.9. The van der Waals surface area contributed by atoms with E-state index in [1.807, 2.05) is 0 Å². The van der Waals surface area contributed by atoms with E-state index in [1.165, 1.54) is 6.08 Å². The van der Waals surface area contributed by atoms with Crippen molar-refractivity contribution in [3.8, 4) is 0 Å². The molecule has 0 saturated heterocycles. The summed E-state index contributed by atoms with van der Waals surface area (Å²) >= 11 is 0. The van der Waals surface area contributed by atoms with Gasteiger partial charge in [-0.05, 0) is 19.8 Å². The molecule has 0 N–H and O–H groups in total. The molecule has 0 aromatic heterocycles. The number of hydrogen-bond acceptors (Lipinski definition) is 6. The van der Waals surface area contributed by atoms with Crippen LogP contribution in [0.4, 0.5) is 0 Å². The Morgan fingerprint density at radius 1 is 1.05 bits per heavy atom. The van der Waals surface area contributed by atoms with Crippen LogP contribution in [-0.2, 0) is 28.2 Å². The van der Waals surface area contributed by atoms with Gasteiger partial charge in [0.05, 0.1) is 19.8 Å². The summed E-state index contributed by atoms with van der Waals surface area (Å²) in [6.45, 7) is 3.53. The molecule has 0 aliphatic carbocycles. The van der Waals surface area contributed by atoms with Gasteiger partial charge in [0, 0.05) is 12.7 Å². The number of esters is 1. The number of allylic oxidation sites excluding steroid dienone is 1. The van der Waals surface area contributed by atoms with Gasteiger partial charge in [-0.3, -0.25) is 4.79 Å². The molecule has 0 saturated carbocycles. The molecule has 0 amide bonds. The standard InChI is InChI=1S/C12H22O6Si/c1-2-5-11(13)17-7-4-3-6-15-8-9-16-10-12(14)18-19/h2,5H,3-4,6-10H2,1,19H3. The lowest BCUT2D eigenvalue weighted by Crippen LogP contribution is -2.14. The smallest absolute Gasteiger partial charge is 0.330 e. The van der Waals surface area contributed by atoms with Crippen molar-refractivity contribution in [3.63, 3.8) is 0 Å². The van der Waals surface area contributed by atoms with Crippen LogP contribution in [0.2, 0.25) is 0 Å². The van der Waals surface area contributed by atoms with Crippen LogP contribution in [0.1, 0.15) is 19.8 Å². The van der Waals surface area contributed by atoms with Gasteiger partial charge in [0.15, 0.2) is 0 Å². The highest BCUT2D eigenvalue weighted by molar-refractivity contribution is 6.05. The van der Waals surface area contributed by atoms with Gasteiger partial charge < -0.3 is 18.6 Å². The minimum Gasteiger partial charge on any atom is -0.527 e. The number of carbonyl (C=O) groups is 2. The lowest BCUT2D eigenvalue weighted by molar-refractivity contribution is -0.140. The van der Waals surface area contributed by atoms with E-state index in [1.54, 1.807) is 13.0 Å². The Kier molecular flexibility index (Phi) is 12.4. The topological polar surface area (TPSA) is 71.1 Å². The Balaban J connectivity index is 3.15. The fourth-order valence-electron chi connectivity index (χ4n) is 1.10. The first kappa shape index (κ1) is 17.8. The van der Waals surface area contributed by atoms with Gasteiger partial charge in [0.2, 0.25) is 10.5 Å². The summed E-state index contributed by atoms with van der Waals surface area (Å²) < 4.78 is 19.8. The molecule has 110 valence electrons. The Morgan fingerprint density at radius 3 is 2.42 bits per heavy atom. The molecule has 0 unspecified atom stereocenters. The highest BCUT2D eigenvalue weighted by Crippen LogP contribution is 1.93. The second-order valence-electron chi connectivity index (χ2n) is 3.62. The van der Waals surface area contributed by atoms with Gasteiger partial charge in [-0.25, -0.2) is 4.79 Å². The SMILES string of the molecule is CC=CC(=O)OCCCCOCCOCC(=O)O[SiH3]. The summed E-state index contributed by atoms with van der Waals surface area (Å²) in [5, 5.41) is 0. The van der Waals surface area contributed by atoms with Gasteiger partial charge in [0.25, 0.3) is 0 Å². The molecule has 0 atom stereocenters. The van der Waals surface area contributed by atoms with Crippen molar-refractivity contribution in [2.24, 2.45) is 0 Å². The lowest BCUT2D eigenvalue weighted by atomic mass is 10.3. The molecule has 0 rings (SSSR count). The molecule has 19 heavy (non-hydrogen) atoms. The van der Waals surface area contributed by atoms with Crippen molar-refractivity contribution in [3.05, 3.63) is 12.2 Å². The van der Waals surface area contributed by atoms with E-state index in [2.05, 4.69) is 4.43 Å². The van der Waals surface area contributed by atoms with Gasteiger partial charge in [-0.2, -0.15) is 0 Å². The van der Waals surface area contributed by atoms with Crippen molar-refractivity contribution in [2.75, 3.05) is 33.0 Å². The molecule has 0 aliphatic heterocycles. The van der Waals surface area contributed by atoms with Crippen LogP contribution in [0.25, 0.3) is 0 Å². The molecule has 6 nitrogen and oxygen atoms in total. The van der Waals surface area contributed by atoms with Crippen molar-refractivity contribution < 1.29 is 28.2 Å².